The number of rotatable bonds is 3. The molecule has 3 rings (SSSR count). The van der Waals surface area contributed by atoms with Crippen LogP contribution in [0.25, 0.3) is 11.3 Å². The molecule has 4 nitrogen and oxygen atoms in total. The van der Waals surface area contributed by atoms with Crippen LogP contribution in [0.1, 0.15) is 30.1 Å². The molecule has 1 aromatic heterocycles. The van der Waals surface area contributed by atoms with Crippen LogP contribution in [0.2, 0.25) is 0 Å². The third kappa shape index (κ3) is 1.85. The van der Waals surface area contributed by atoms with E-state index >= 15 is 0 Å². The van der Waals surface area contributed by atoms with E-state index in [-0.39, 0.29) is 0 Å². The minimum Gasteiger partial charge on any atom is -0.325 e. The van der Waals surface area contributed by atoms with E-state index in [0.717, 1.165) is 11.4 Å². The lowest BCUT2D eigenvalue weighted by Gasteiger charge is -2.07. The Morgan fingerprint density at radius 3 is 2.88 bits per heavy atom. The molecule has 0 unspecified atom stereocenters. The van der Waals surface area contributed by atoms with Crippen LogP contribution in [0.3, 0.4) is 0 Å². The van der Waals surface area contributed by atoms with Crippen molar-refractivity contribution in [3.63, 3.8) is 0 Å². The number of nitrogens with two attached hydrogens (primary N) is 1. The molecule has 17 heavy (non-hydrogen) atoms. The van der Waals surface area contributed by atoms with E-state index in [4.69, 9.17) is 5.73 Å². The highest BCUT2D eigenvalue weighted by molar-refractivity contribution is 5.63. The number of benzene rings is 1. The first-order chi connectivity index (χ1) is 8.29. The molecule has 0 saturated heterocycles. The fourth-order valence-corrected chi connectivity index (χ4v) is 2.13. The molecule has 0 bridgehead atoms. The summed E-state index contributed by atoms with van der Waals surface area (Å²) in [7, 11) is 0. The lowest BCUT2D eigenvalue weighted by molar-refractivity contribution is 0.616. The molecular weight excluding hydrogens is 212 g/mol. The van der Waals surface area contributed by atoms with Gasteiger partial charge in [0.1, 0.15) is 5.69 Å². The molecule has 1 heterocycles. The van der Waals surface area contributed by atoms with Crippen molar-refractivity contribution in [3.8, 4) is 11.3 Å². The molecule has 0 spiro atoms. The van der Waals surface area contributed by atoms with Crippen molar-refractivity contribution >= 4 is 0 Å². The molecule has 2 aromatic rings. The van der Waals surface area contributed by atoms with Crippen molar-refractivity contribution in [2.24, 2.45) is 5.73 Å². The average Bonchev–Trinajstić information content (AvgIpc) is 3.08. The maximum Gasteiger partial charge on any atom is 0.104 e. The number of hydrogen-bond donors (Lipinski definition) is 1. The molecule has 0 radical (unpaired) electrons. The van der Waals surface area contributed by atoms with Gasteiger partial charge in [0.2, 0.25) is 0 Å². The molecule has 0 aliphatic heterocycles. The fraction of sp³-hybridized carbons (Fsp3) is 0.385. The summed E-state index contributed by atoms with van der Waals surface area (Å²) in [5, 5.41) is 8.43. The molecule has 88 valence electrons. The fourth-order valence-electron chi connectivity index (χ4n) is 2.13. The summed E-state index contributed by atoms with van der Waals surface area (Å²) in [6.45, 7) is 2.53. The minimum absolute atomic E-state index is 0.440. The highest BCUT2D eigenvalue weighted by atomic mass is 15.5. The smallest absolute Gasteiger partial charge is 0.104 e. The molecule has 2 N–H and O–H groups in total. The SMILES string of the molecule is Cc1cccc(-c2c(CN)nnn2C2CC2)c1. The Labute approximate surface area is 100 Å². The van der Waals surface area contributed by atoms with E-state index in [9.17, 15) is 0 Å². The van der Waals surface area contributed by atoms with Crippen LogP contribution >= 0.6 is 0 Å². The Morgan fingerprint density at radius 1 is 1.41 bits per heavy atom. The summed E-state index contributed by atoms with van der Waals surface area (Å²) in [6.07, 6.45) is 2.40. The van der Waals surface area contributed by atoms with E-state index in [0.29, 0.717) is 12.6 Å². The van der Waals surface area contributed by atoms with Crippen LogP contribution < -0.4 is 5.73 Å². The van der Waals surface area contributed by atoms with Crippen molar-refractivity contribution in [1.29, 1.82) is 0 Å². The van der Waals surface area contributed by atoms with Crippen LogP contribution in [0, 0.1) is 6.92 Å². The third-order valence-corrected chi connectivity index (χ3v) is 3.14. The van der Waals surface area contributed by atoms with Crippen LogP contribution in [-0.4, -0.2) is 15.0 Å². The van der Waals surface area contributed by atoms with E-state index in [1.54, 1.807) is 0 Å². The summed E-state index contributed by atoms with van der Waals surface area (Å²) < 4.78 is 2.04. The number of aryl methyl sites for hydroxylation is 1. The van der Waals surface area contributed by atoms with Crippen LogP contribution in [0.4, 0.5) is 0 Å². The van der Waals surface area contributed by atoms with Gasteiger partial charge in [-0.05, 0) is 25.8 Å². The summed E-state index contributed by atoms with van der Waals surface area (Å²) in [4.78, 5) is 0. The molecule has 4 heteroatoms. The van der Waals surface area contributed by atoms with Gasteiger partial charge in [-0.1, -0.05) is 29.0 Å². The topological polar surface area (TPSA) is 56.7 Å². The second-order valence-electron chi connectivity index (χ2n) is 4.63. The predicted octanol–water partition coefficient (Wildman–Crippen LogP) is 2.05. The zero-order valence-corrected chi connectivity index (χ0v) is 9.93. The number of aromatic nitrogens is 3. The molecule has 1 aliphatic rings. The average molecular weight is 228 g/mol. The van der Waals surface area contributed by atoms with Gasteiger partial charge >= 0.3 is 0 Å². The Morgan fingerprint density at radius 2 is 2.24 bits per heavy atom. The van der Waals surface area contributed by atoms with Gasteiger partial charge in [0, 0.05) is 12.1 Å². The first-order valence-corrected chi connectivity index (χ1v) is 6.01. The van der Waals surface area contributed by atoms with Crippen molar-refractivity contribution in [1.82, 2.24) is 15.0 Å². The van der Waals surface area contributed by atoms with Gasteiger partial charge in [0.15, 0.2) is 0 Å². The number of hydrogen-bond acceptors (Lipinski definition) is 3. The molecule has 0 amide bonds. The number of nitrogens with zero attached hydrogens (tertiary/aromatic N) is 3. The second-order valence-corrected chi connectivity index (χ2v) is 4.63. The summed E-state index contributed by atoms with van der Waals surface area (Å²) in [5.74, 6) is 0. The maximum atomic E-state index is 5.74. The summed E-state index contributed by atoms with van der Waals surface area (Å²) in [6, 6.07) is 8.95. The van der Waals surface area contributed by atoms with Crippen LogP contribution in [0.15, 0.2) is 24.3 Å². The molecule has 1 aromatic carbocycles. The summed E-state index contributed by atoms with van der Waals surface area (Å²) >= 11 is 0. The Hall–Kier alpha value is -1.68. The molecular formula is C13H16N4. The van der Waals surface area contributed by atoms with Crippen LogP contribution in [0.5, 0.6) is 0 Å². The van der Waals surface area contributed by atoms with Gasteiger partial charge < -0.3 is 5.73 Å². The first-order valence-electron chi connectivity index (χ1n) is 6.01. The Bertz CT molecular complexity index is 540. The van der Waals surface area contributed by atoms with Gasteiger partial charge in [-0.2, -0.15) is 0 Å². The van der Waals surface area contributed by atoms with Crippen LogP contribution in [-0.2, 0) is 6.54 Å². The van der Waals surface area contributed by atoms with E-state index in [2.05, 4.69) is 41.5 Å². The zero-order valence-electron chi connectivity index (χ0n) is 9.93. The zero-order chi connectivity index (χ0) is 11.8. The normalized spacial score (nSPS) is 15.2. The molecule has 1 fully saturated rings. The second kappa shape index (κ2) is 3.96. The minimum atomic E-state index is 0.440. The third-order valence-electron chi connectivity index (χ3n) is 3.14. The highest BCUT2D eigenvalue weighted by Gasteiger charge is 2.29. The van der Waals surface area contributed by atoms with Gasteiger partial charge in [0.25, 0.3) is 0 Å². The monoisotopic (exact) mass is 228 g/mol. The predicted molar refractivity (Wildman–Crippen MR) is 66.4 cm³/mol. The Balaban J connectivity index is 2.14. The Kier molecular flexibility index (Phi) is 2.44. The first kappa shape index (κ1) is 10.5. The largest absolute Gasteiger partial charge is 0.325 e. The van der Waals surface area contributed by atoms with E-state index in [1.165, 1.54) is 24.0 Å². The van der Waals surface area contributed by atoms with Gasteiger partial charge in [0.05, 0.1) is 11.7 Å². The summed E-state index contributed by atoms with van der Waals surface area (Å²) in [5.41, 5.74) is 10.1. The highest BCUT2D eigenvalue weighted by Crippen LogP contribution is 2.38. The standard InChI is InChI=1S/C13H16N4/c1-9-3-2-4-10(7-9)13-12(8-14)15-16-17(13)11-5-6-11/h2-4,7,11H,5-6,8,14H2,1H3. The van der Waals surface area contributed by atoms with E-state index < -0.39 is 0 Å². The van der Waals surface area contributed by atoms with Gasteiger partial charge in [-0.15, -0.1) is 5.10 Å². The van der Waals surface area contributed by atoms with Crippen molar-refractivity contribution < 1.29 is 0 Å². The lowest BCUT2D eigenvalue weighted by atomic mass is 10.1. The van der Waals surface area contributed by atoms with E-state index in [1.807, 2.05) is 4.68 Å². The van der Waals surface area contributed by atoms with Crippen molar-refractivity contribution in [2.45, 2.75) is 32.4 Å². The van der Waals surface area contributed by atoms with Crippen molar-refractivity contribution in [3.05, 3.63) is 35.5 Å². The molecule has 1 aliphatic carbocycles. The van der Waals surface area contributed by atoms with Crippen molar-refractivity contribution in [2.75, 3.05) is 0 Å². The van der Waals surface area contributed by atoms with Gasteiger partial charge in [-0.3, -0.25) is 0 Å². The quantitative estimate of drug-likeness (QED) is 0.874. The molecule has 0 atom stereocenters. The maximum absolute atomic E-state index is 5.74. The van der Waals surface area contributed by atoms with Gasteiger partial charge in [-0.25, -0.2) is 4.68 Å². The lowest BCUT2D eigenvalue weighted by Crippen LogP contribution is -2.02. The molecule has 1 saturated carbocycles.